The molecule has 2 aliphatic carbocycles. The second-order valence-corrected chi connectivity index (χ2v) is 7.97. The molecule has 0 bridgehead atoms. The van der Waals surface area contributed by atoms with Gasteiger partial charge in [0, 0.05) is 5.66 Å². The zero-order valence-corrected chi connectivity index (χ0v) is 17.5. The minimum Gasteiger partial charge on any atom is -0.469 e. The first-order chi connectivity index (χ1) is 13.3. The van der Waals surface area contributed by atoms with Crippen molar-refractivity contribution >= 4 is 24.5 Å². The number of methoxy groups -OCH3 is 1. The fourth-order valence-electron chi connectivity index (χ4n) is 2.79. The number of carbonyl (C=O) groups is 1. The van der Waals surface area contributed by atoms with Crippen LogP contribution in [0, 0.1) is 62.9 Å². The third kappa shape index (κ3) is 6.18. The number of carbonyl (C=O) groups excluding carboxylic acids is 1. The average Bonchev–Trinajstić information content (AvgIpc) is 3.45. The fourth-order valence-corrected chi connectivity index (χ4v) is 5.23. The van der Waals surface area contributed by atoms with E-state index >= 15 is 0 Å². The molecule has 2 saturated carbocycles. The maximum atomic E-state index is 12.1. The molecule has 0 aliphatic heterocycles. The Morgan fingerprint density at radius 3 is 1.61 bits per heavy atom. The van der Waals surface area contributed by atoms with Gasteiger partial charge >= 0.3 is 23.0 Å². The van der Waals surface area contributed by atoms with E-state index in [1.54, 1.807) is 0 Å². The van der Waals surface area contributed by atoms with E-state index < -0.39 is 7.92 Å². The van der Waals surface area contributed by atoms with Crippen LogP contribution in [0.25, 0.3) is 0 Å². The molecule has 0 saturated heterocycles. The van der Waals surface area contributed by atoms with Crippen LogP contribution >= 0.6 is 7.92 Å². The summed E-state index contributed by atoms with van der Waals surface area (Å²) >= 11 is 0. The summed E-state index contributed by atoms with van der Waals surface area (Å²) in [5.41, 5.74) is 1.04. The summed E-state index contributed by atoms with van der Waals surface area (Å²) in [5, 5.41) is 2.44. The summed E-state index contributed by atoms with van der Waals surface area (Å²) < 4.78 is 4.93. The Bertz CT molecular complexity index is 641. The van der Waals surface area contributed by atoms with Crippen LogP contribution in [-0.4, -0.2) is 13.1 Å². The first-order valence-corrected chi connectivity index (χ1v) is 10.1. The summed E-state index contributed by atoms with van der Waals surface area (Å²) in [6, 6.07) is 20.6. The van der Waals surface area contributed by atoms with Crippen LogP contribution < -0.4 is 10.6 Å². The van der Waals surface area contributed by atoms with Gasteiger partial charge in [-0.15, -0.1) is 0 Å². The second-order valence-electron chi connectivity index (χ2n) is 5.79. The summed E-state index contributed by atoms with van der Waals surface area (Å²) in [6.45, 7) is 0. The predicted molar refractivity (Wildman–Crippen MR) is 112 cm³/mol. The van der Waals surface area contributed by atoms with Crippen molar-refractivity contribution in [3.8, 4) is 0 Å². The molecule has 4 rings (SSSR count). The number of esters is 1. The molecule has 2 aromatic carbocycles. The molecule has 0 spiro atoms. The van der Waals surface area contributed by atoms with Gasteiger partial charge in [-0.2, -0.15) is 0 Å². The van der Waals surface area contributed by atoms with Gasteiger partial charge in [0.25, 0.3) is 0 Å². The molecule has 2 fully saturated rings. The van der Waals surface area contributed by atoms with Gasteiger partial charge in [0.15, 0.2) is 0 Å². The molecular formula is C24H21FeO2P+2. The number of rotatable bonds is 4. The largest absolute Gasteiger partial charge is 2.00 e. The quantitative estimate of drug-likeness (QED) is 0.418. The van der Waals surface area contributed by atoms with Crippen molar-refractivity contribution in [2.45, 2.75) is 0 Å². The predicted octanol–water partition coefficient (Wildman–Crippen LogP) is 4.04. The van der Waals surface area contributed by atoms with E-state index in [9.17, 15) is 4.79 Å². The van der Waals surface area contributed by atoms with Gasteiger partial charge in [0.05, 0.1) is 7.11 Å². The van der Waals surface area contributed by atoms with Crippen molar-refractivity contribution in [3.63, 3.8) is 0 Å². The molecule has 140 valence electrons. The van der Waals surface area contributed by atoms with Crippen LogP contribution in [0.15, 0.2) is 60.7 Å². The Balaban J connectivity index is 0.000000408. The van der Waals surface area contributed by atoms with Gasteiger partial charge in [-0.05, 0) is 69.9 Å². The van der Waals surface area contributed by atoms with Crippen molar-refractivity contribution in [1.82, 2.24) is 0 Å². The van der Waals surface area contributed by atoms with Crippen molar-refractivity contribution in [1.29, 1.82) is 0 Å². The Hall–Kier alpha value is -1.14. The molecule has 10 radical (unpaired) electrons. The van der Waals surface area contributed by atoms with Gasteiger partial charge in [0.2, 0.25) is 0 Å². The van der Waals surface area contributed by atoms with Gasteiger partial charge in [-0.1, -0.05) is 60.7 Å². The van der Waals surface area contributed by atoms with E-state index in [1.165, 1.54) is 17.7 Å². The molecule has 0 aromatic heterocycles. The molecule has 0 amide bonds. The molecule has 0 N–H and O–H groups in total. The van der Waals surface area contributed by atoms with Crippen LogP contribution in [0.3, 0.4) is 0 Å². The van der Waals surface area contributed by atoms with Crippen LogP contribution in [-0.2, 0) is 26.6 Å². The van der Waals surface area contributed by atoms with Crippen LogP contribution in [0.4, 0.5) is 0 Å². The maximum Gasteiger partial charge on any atom is 2.00 e. The molecule has 0 heterocycles. The second kappa shape index (κ2) is 12.4. The van der Waals surface area contributed by atoms with E-state index in [1.807, 2.05) is 87.8 Å². The van der Waals surface area contributed by atoms with Crippen molar-refractivity contribution in [2.24, 2.45) is 0 Å². The Morgan fingerprint density at radius 1 is 0.714 bits per heavy atom. The summed E-state index contributed by atoms with van der Waals surface area (Å²) in [4.78, 5) is 12.1. The van der Waals surface area contributed by atoms with Crippen molar-refractivity contribution < 1.29 is 26.6 Å². The van der Waals surface area contributed by atoms with Gasteiger partial charge < -0.3 is 4.74 Å². The summed E-state index contributed by atoms with van der Waals surface area (Å²) in [6.07, 6.45) is 15.8. The Labute approximate surface area is 181 Å². The number of hydrogen-bond acceptors (Lipinski definition) is 2. The minimum atomic E-state index is -0.769. The van der Waals surface area contributed by atoms with Crippen molar-refractivity contribution in [3.05, 3.63) is 124 Å². The zero-order valence-electron chi connectivity index (χ0n) is 15.5. The normalized spacial score (nSPS) is 16.9. The first kappa shape index (κ1) is 23.1. The van der Waals surface area contributed by atoms with Gasteiger partial charge in [0.1, 0.15) is 5.92 Å². The average molecular weight is 428 g/mol. The Morgan fingerprint density at radius 2 is 1.18 bits per heavy atom. The fraction of sp³-hybridized carbons (Fsp3) is 0.0417. The van der Waals surface area contributed by atoms with Gasteiger partial charge in [-0.25, -0.2) is 0 Å². The molecule has 2 aromatic rings. The molecule has 0 unspecified atom stereocenters. The van der Waals surface area contributed by atoms with E-state index in [4.69, 9.17) is 4.74 Å². The zero-order chi connectivity index (χ0) is 18.9. The Kier molecular flexibility index (Phi) is 10.3. The summed E-state index contributed by atoms with van der Waals surface area (Å²) in [5.74, 6) is 0.376. The van der Waals surface area contributed by atoms with Gasteiger partial charge in [-0.3, -0.25) is 4.79 Å². The van der Waals surface area contributed by atoms with Crippen LogP contribution in [0.1, 0.15) is 0 Å². The first-order valence-electron chi connectivity index (χ1n) is 8.72. The number of hydrogen-bond donors (Lipinski definition) is 0. The van der Waals surface area contributed by atoms with E-state index in [0.717, 1.165) is 5.66 Å². The molecule has 2 aliphatic rings. The smallest absolute Gasteiger partial charge is 0.469 e. The molecule has 0 atom stereocenters. The summed E-state index contributed by atoms with van der Waals surface area (Å²) in [7, 11) is 0.654. The van der Waals surface area contributed by atoms with E-state index in [-0.39, 0.29) is 23.0 Å². The molecule has 28 heavy (non-hydrogen) atoms. The minimum absolute atomic E-state index is 0. The monoisotopic (exact) mass is 428 g/mol. The SMILES string of the molecule is COC(=O)[C]1[CH][CH][CH][C]1P(c1ccccc1)c1ccccc1.[CH]1[CH][CH][CH][CH]1.[Fe+2]. The van der Waals surface area contributed by atoms with E-state index in [2.05, 4.69) is 24.3 Å². The number of benzene rings is 2. The standard InChI is InChI=1S/C19H16O2P.C5H5.Fe/c1-21-19(20)17-13-8-14-18(17)22(15-9-4-2-5-10-15)16-11-6-3-7-12-16;1-2-4-5-3-1;/h2-14H,1H3;1-5H;/q;;+2. The van der Waals surface area contributed by atoms with Crippen molar-refractivity contribution in [2.75, 3.05) is 7.11 Å². The number of ether oxygens (including phenoxy) is 1. The third-order valence-electron chi connectivity index (χ3n) is 4.02. The van der Waals surface area contributed by atoms with E-state index in [0.29, 0.717) is 5.92 Å². The molecule has 2 nitrogen and oxygen atoms in total. The van der Waals surface area contributed by atoms with Crippen LogP contribution in [0.2, 0.25) is 0 Å². The van der Waals surface area contributed by atoms with Crippen LogP contribution in [0.5, 0.6) is 0 Å². The topological polar surface area (TPSA) is 26.3 Å². The molecule has 4 heteroatoms. The molecular weight excluding hydrogens is 407 g/mol. The maximum absolute atomic E-state index is 12.1. The third-order valence-corrected chi connectivity index (χ3v) is 6.52.